The predicted octanol–water partition coefficient (Wildman–Crippen LogP) is 3.33. The van der Waals surface area contributed by atoms with Gasteiger partial charge in [-0.15, -0.1) is 0 Å². The van der Waals surface area contributed by atoms with Crippen LogP contribution in [0.5, 0.6) is 0 Å². The maximum atomic E-state index is 13.7. The van der Waals surface area contributed by atoms with Gasteiger partial charge in [-0.2, -0.15) is 0 Å². The Morgan fingerprint density at radius 3 is 2.60 bits per heavy atom. The van der Waals surface area contributed by atoms with E-state index in [0.717, 1.165) is 17.1 Å². The molecule has 0 spiro atoms. The van der Waals surface area contributed by atoms with Crippen molar-refractivity contribution >= 4 is 11.0 Å². The summed E-state index contributed by atoms with van der Waals surface area (Å²) < 4.78 is 24.8. The number of nitrogens with two attached hydrogens (primary N) is 1. The van der Waals surface area contributed by atoms with Crippen molar-refractivity contribution in [3.05, 3.63) is 59.0 Å². The first kappa shape index (κ1) is 12.9. The fourth-order valence-electron chi connectivity index (χ4n) is 2.45. The number of hydrogen-bond donors (Lipinski definition) is 2. The third kappa shape index (κ3) is 2.01. The van der Waals surface area contributed by atoms with Crippen molar-refractivity contribution in [1.29, 1.82) is 0 Å². The lowest BCUT2D eigenvalue weighted by Crippen LogP contribution is -2.28. The SMILES string of the molecule is Cc1cc(C(NN)c2cc3cccc(F)c3o2)c(C)o1. The highest BCUT2D eigenvalue weighted by Crippen LogP contribution is 2.31. The molecule has 2 aromatic heterocycles. The van der Waals surface area contributed by atoms with Gasteiger partial charge in [0, 0.05) is 10.9 Å². The summed E-state index contributed by atoms with van der Waals surface area (Å²) in [5.74, 6) is 7.34. The van der Waals surface area contributed by atoms with Gasteiger partial charge < -0.3 is 8.83 Å². The molecule has 2 heterocycles. The number of rotatable bonds is 3. The molecule has 0 amide bonds. The molecule has 0 bridgehead atoms. The zero-order chi connectivity index (χ0) is 14.3. The van der Waals surface area contributed by atoms with Gasteiger partial charge in [0.2, 0.25) is 0 Å². The van der Waals surface area contributed by atoms with Crippen molar-refractivity contribution in [2.24, 2.45) is 5.84 Å². The number of furan rings is 2. The first-order valence-electron chi connectivity index (χ1n) is 6.31. The highest BCUT2D eigenvalue weighted by atomic mass is 19.1. The van der Waals surface area contributed by atoms with E-state index in [1.54, 1.807) is 18.2 Å². The molecular weight excluding hydrogens is 259 g/mol. The zero-order valence-corrected chi connectivity index (χ0v) is 11.2. The van der Waals surface area contributed by atoms with Gasteiger partial charge in [-0.05, 0) is 32.0 Å². The fourth-order valence-corrected chi connectivity index (χ4v) is 2.45. The summed E-state index contributed by atoms with van der Waals surface area (Å²) in [4.78, 5) is 0. The smallest absolute Gasteiger partial charge is 0.169 e. The summed E-state index contributed by atoms with van der Waals surface area (Å²) >= 11 is 0. The second-order valence-electron chi connectivity index (χ2n) is 4.78. The number of hydrogen-bond acceptors (Lipinski definition) is 4. The van der Waals surface area contributed by atoms with Crippen LogP contribution in [0.4, 0.5) is 4.39 Å². The Morgan fingerprint density at radius 2 is 2.00 bits per heavy atom. The molecule has 0 saturated carbocycles. The van der Waals surface area contributed by atoms with E-state index in [9.17, 15) is 4.39 Å². The third-order valence-electron chi connectivity index (χ3n) is 3.36. The summed E-state index contributed by atoms with van der Waals surface area (Å²) in [6.07, 6.45) is 0. The molecule has 3 rings (SSSR count). The lowest BCUT2D eigenvalue weighted by atomic mass is 10.1. The largest absolute Gasteiger partial charge is 0.466 e. The average Bonchev–Trinajstić information content (AvgIpc) is 2.96. The molecule has 0 aliphatic rings. The van der Waals surface area contributed by atoms with E-state index in [0.29, 0.717) is 11.1 Å². The standard InChI is InChI=1S/C15H15FN2O2/c1-8-6-11(9(2)19-8)14(18-17)13-7-10-4-3-5-12(16)15(10)20-13/h3-7,14,18H,17H2,1-2H3. The topological polar surface area (TPSA) is 64.3 Å². The Morgan fingerprint density at radius 1 is 1.20 bits per heavy atom. The highest BCUT2D eigenvalue weighted by Gasteiger charge is 2.22. The molecule has 3 aromatic rings. The van der Waals surface area contributed by atoms with Crippen LogP contribution < -0.4 is 11.3 Å². The van der Waals surface area contributed by atoms with Crippen molar-refractivity contribution < 1.29 is 13.2 Å². The minimum absolute atomic E-state index is 0.237. The number of benzene rings is 1. The summed E-state index contributed by atoms with van der Waals surface area (Å²) in [5, 5.41) is 0.707. The normalized spacial score (nSPS) is 13.0. The maximum Gasteiger partial charge on any atom is 0.169 e. The van der Waals surface area contributed by atoms with Gasteiger partial charge in [-0.1, -0.05) is 12.1 Å². The van der Waals surface area contributed by atoms with Crippen LogP contribution in [0.1, 0.15) is 28.9 Å². The minimum Gasteiger partial charge on any atom is -0.466 e. The van der Waals surface area contributed by atoms with Crippen molar-refractivity contribution in [1.82, 2.24) is 5.43 Å². The summed E-state index contributed by atoms with van der Waals surface area (Å²) in [5.41, 5.74) is 3.81. The van der Waals surface area contributed by atoms with Crippen LogP contribution in [0.15, 0.2) is 39.2 Å². The van der Waals surface area contributed by atoms with Crippen LogP contribution in [0, 0.1) is 19.7 Å². The van der Waals surface area contributed by atoms with Gasteiger partial charge in [0.1, 0.15) is 23.3 Å². The lowest BCUT2D eigenvalue weighted by Gasteiger charge is -2.11. The lowest BCUT2D eigenvalue weighted by molar-refractivity contribution is 0.453. The first-order chi connectivity index (χ1) is 9.60. The van der Waals surface area contributed by atoms with Gasteiger partial charge >= 0.3 is 0 Å². The maximum absolute atomic E-state index is 13.7. The summed E-state index contributed by atoms with van der Waals surface area (Å²) in [6, 6.07) is 8.11. The Hall–Kier alpha value is -2.11. The van der Waals surface area contributed by atoms with Crippen LogP contribution in [-0.4, -0.2) is 0 Å². The molecule has 104 valence electrons. The van der Waals surface area contributed by atoms with Crippen LogP contribution in [0.25, 0.3) is 11.0 Å². The second-order valence-corrected chi connectivity index (χ2v) is 4.78. The Bertz CT molecular complexity index is 760. The van der Waals surface area contributed by atoms with Crippen LogP contribution in [0.2, 0.25) is 0 Å². The van der Waals surface area contributed by atoms with Gasteiger partial charge in [-0.25, -0.2) is 9.82 Å². The van der Waals surface area contributed by atoms with Crippen LogP contribution >= 0.6 is 0 Å². The van der Waals surface area contributed by atoms with E-state index in [4.69, 9.17) is 14.7 Å². The molecule has 1 aromatic carbocycles. The molecule has 1 unspecified atom stereocenters. The average molecular weight is 274 g/mol. The third-order valence-corrected chi connectivity index (χ3v) is 3.36. The number of aryl methyl sites for hydroxylation is 2. The minimum atomic E-state index is -0.385. The fraction of sp³-hybridized carbons (Fsp3) is 0.200. The molecule has 0 aliphatic carbocycles. The van der Waals surface area contributed by atoms with Crippen molar-refractivity contribution in [2.45, 2.75) is 19.9 Å². The van der Waals surface area contributed by atoms with Gasteiger partial charge in [0.05, 0.1) is 0 Å². The molecular formula is C15H15FN2O2. The van der Waals surface area contributed by atoms with Crippen molar-refractivity contribution in [2.75, 3.05) is 0 Å². The number of para-hydroxylation sites is 1. The van der Waals surface area contributed by atoms with Crippen molar-refractivity contribution in [3.8, 4) is 0 Å². The van der Waals surface area contributed by atoms with E-state index >= 15 is 0 Å². The Labute approximate surface area is 115 Å². The van der Waals surface area contributed by atoms with E-state index in [1.807, 2.05) is 19.9 Å². The van der Waals surface area contributed by atoms with E-state index in [2.05, 4.69) is 5.43 Å². The highest BCUT2D eigenvalue weighted by molar-refractivity contribution is 5.78. The second kappa shape index (κ2) is 4.77. The van der Waals surface area contributed by atoms with E-state index in [-0.39, 0.29) is 17.4 Å². The van der Waals surface area contributed by atoms with Gasteiger partial charge in [-0.3, -0.25) is 5.84 Å². The molecule has 5 heteroatoms. The van der Waals surface area contributed by atoms with Gasteiger partial charge in [0.15, 0.2) is 11.4 Å². The van der Waals surface area contributed by atoms with E-state index in [1.165, 1.54) is 6.07 Å². The molecule has 0 fully saturated rings. The Kier molecular flexibility index (Phi) is 3.08. The molecule has 0 radical (unpaired) electrons. The number of nitrogens with one attached hydrogen (secondary N) is 1. The monoisotopic (exact) mass is 274 g/mol. The molecule has 3 N–H and O–H groups in total. The van der Waals surface area contributed by atoms with Crippen LogP contribution in [-0.2, 0) is 0 Å². The number of hydrazine groups is 1. The molecule has 20 heavy (non-hydrogen) atoms. The molecule has 0 saturated heterocycles. The van der Waals surface area contributed by atoms with Gasteiger partial charge in [0.25, 0.3) is 0 Å². The predicted molar refractivity (Wildman–Crippen MR) is 73.5 cm³/mol. The molecule has 4 nitrogen and oxygen atoms in total. The summed E-state index contributed by atoms with van der Waals surface area (Å²) in [7, 11) is 0. The van der Waals surface area contributed by atoms with E-state index < -0.39 is 0 Å². The van der Waals surface area contributed by atoms with Crippen LogP contribution in [0.3, 0.4) is 0 Å². The van der Waals surface area contributed by atoms with Crippen molar-refractivity contribution in [3.63, 3.8) is 0 Å². The quantitative estimate of drug-likeness (QED) is 0.568. The first-order valence-corrected chi connectivity index (χ1v) is 6.31. The molecule has 1 atom stereocenters. The zero-order valence-electron chi connectivity index (χ0n) is 11.2. The summed E-state index contributed by atoms with van der Waals surface area (Å²) in [6.45, 7) is 3.72. The Balaban J connectivity index is 2.12. The molecule has 0 aliphatic heterocycles. The number of fused-ring (bicyclic) bond motifs is 1. The number of halogens is 1.